The van der Waals surface area contributed by atoms with Gasteiger partial charge in [-0.15, -0.1) is 0 Å². The zero-order valence-electron chi connectivity index (χ0n) is 14.0. The molecule has 1 aromatic carbocycles. The van der Waals surface area contributed by atoms with E-state index in [1.165, 1.54) is 16.4 Å². The van der Waals surface area contributed by atoms with Crippen molar-refractivity contribution in [3.8, 4) is 17.6 Å². The molecule has 7 nitrogen and oxygen atoms in total. The number of esters is 1. The lowest BCUT2D eigenvalue weighted by molar-refractivity contribution is -0.140. The summed E-state index contributed by atoms with van der Waals surface area (Å²) in [5.41, 5.74) is 0.286. The molecule has 0 amide bonds. The van der Waals surface area contributed by atoms with Gasteiger partial charge in [0.2, 0.25) is 10.0 Å². The Morgan fingerprint density at radius 2 is 2.20 bits per heavy atom. The Morgan fingerprint density at radius 3 is 2.80 bits per heavy atom. The van der Waals surface area contributed by atoms with Crippen molar-refractivity contribution in [1.82, 2.24) is 4.31 Å². The number of nitrogens with zero attached hydrogens (tertiary/aromatic N) is 2. The maximum atomic E-state index is 12.5. The van der Waals surface area contributed by atoms with Crippen molar-refractivity contribution < 1.29 is 22.7 Å². The number of nitriles is 1. The van der Waals surface area contributed by atoms with E-state index < -0.39 is 21.9 Å². The summed E-state index contributed by atoms with van der Waals surface area (Å²) < 4.78 is 35.4. The lowest BCUT2D eigenvalue weighted by Crippen LogP contribution is -2.42. The number of rotatable bonds is 5. The first-order chi connectivity index (χ1) is 11.8. The summed E-state index contributed by atoms with van der Waals surface area (Å²) in [4.78, 5) is 12.5. The second-order valence-electron chi connectivity index (χ2n) is 5.71. The average Bonchev–Trinajstić information content (AvgIpc) is 2.57. The van der Waals surface area contributed by atoms with Gasteiger partial charge >= 0.3 is 5.97 Å². The van der Waals surface area contributed by atoms with Gasteiger partial charge in [-0.05, 0) is 25.8 Å². The molecule has 1 aromatic rings. The fourth-order valence-electron chi connectivity index (χ4n) is 2.61. The average molecular weight is 387 g/mol. The first-order valence-electron chi connectivity index (χ1n) is 7.79. The van der Waals surface area contributed by atoms with Crippen LogP contribution in [0.1, 0.15) is 25.3 Å². The first kappa shape index (κ1) is 19.5. The van der Waals surface area contributed by atoms with Crippen molar-refractivity contribution in [1.29, 1.82) is 5.26 Å². The summed E-state index contributed by atoms with van der Waals surface area (Å²) in [5.74, 6) is -0.898. The molecule has 0 spiro atoms. The van der Waals surface area contributed by atoms with Crippen molar-refractivity contribution >= 4 is 27.6 Å². The predicted molar refractivity (Wildman–Crippen MR) is 92.1 cm³/mol. The molecular weight excluding hydrogens is 368 g/mol. The second-order valence-corrected chi connectivity index (χ2v) is 8.10. The topological polar surface area (TPSA) is 96.7 Å². The first-order valence-corrected chi connectivity index (χ1v) is 10.0. The highest BCUT2D eigenvalue weighted by atomic mass is 35.5. The lowest BCUT2D eigenvalue weighted by atomic mass is 10.00. The molecule has 0 N–H and O–H groups in total. The van der Waals surface area contributed by atoms with Gasteiger partial charge in [-0.1, -0.05) is 11.6 Å². The predicted octanol–water partition coefficient (Wildman–Crippen LogP) is 2.19. The molecule has 25 heavy (non-hydrogen) atoms. The van der Waals surface area contributed by atoms with E-state index in [2.05, 4.69) is 0 Å². The molecule has 1 atom stereocenters. The van der Waals surface area contributed by atoms with E-state index in [1.807, 2.05) is 6.07 Å². The summed E-state index contributed by atoms with van der Waals surface area (Å²) in [6.45, 7) is 2.53. The molecule has 9 heteroatoms. The Kier molecular flexibility index (Phi) is 6.27. The SMILES string of the molecule is CCOc1cc(C#N)cc(Cl)c1OC(=O)[C@H]1CCCN(S(C)(=O)=O)C1. The van der Waals surface area contributed by atoms with E-state index >= 15 is 0 Å². The molecule has 0 radical (unpaired) electrons. The lowest BCUT2D eigenvalue weighted by Gasteiger charge is -2.29. The number of hydrogen-bond acceptors (Lipinski definition) is 6. The maximum absolute atomic E-state index is 12.5. The number of carbonyl (C=O) groups is 1. The van der Waals surface area contributed by atoms with Crippen molar-refractivity contribution in [3.05, 3.63) is 22.7 Å². The minimum Gasteiger partial charge on any atom is -0.490 e. The summed E-state index contributed by atoms with van der Waals surface area (Å²) in [7, 11) is -3.36. The summed E-state index contributed by atoms with van der Waals surface area (Å²) in [6.07, 6.45) is 2.22. The van der Waals surface area contributed by atoms with Gasteiger partial charge in [-0.3, -0.25) is 4.79 Å². The minimum atomic E-state index is -3.36. The third-order valence-corrected chi connectivity index (χ3v) is 5.38. The van der Waals surface area contributed by atoms with Crippen molar-refractivity contribution in [2.45, 2.75) is 19.8 Å². The standard InChI is InChI=1S/C16H19ClN2O5S/c1-3-23-14-8-11(9-18)7-13(17)15(14)24-16(20)12-5-4-6-19(10-12)25(2,21)22/h7-8,12H,3-6,10H2,1-2H3/t12-/m0/s1. The van der Waals surface area contributed by atoms with Crippen LogP contribution in [0.5, 0.6) is 11.5 Å². The molecular formula is C16H19ClN2O5S. The van der Waals surface area contributed by atoms with Crippen LogP contribution in [-0.4, -0.2) is 44.6 Å². The van der Waals surface area contributed by atoms with Gasteiger partial charge in [0.25, 0.3) is 0 Å². The maximum Gasteiger partial charge on any atom is 0.315 e. The third-order valence-electron chi connectivity index (χ3n) is 3.83. The summed E-state index contributed by atoms with van der Waals surface area (Å²) in [6, 6.07) is 4.79. The molecule has 1 aliphatic rings. The number of ether oxygens (including phenoxy) is 2. The fourth-order valence-corrected chi connectivity index (χ4v) is 3.78. The highest BCUT2D eigenvalue weighted by Crippen LogP contribution is 2.37. The molecule has 136 valence electrons. The van der Waals surface area contributed by atoms with Gasteiger partial charge in [0.1, 0.15) is 0 Å². The molecule has 2 rings (SSSR count). The highest BCUT2D eigenvalue weighted by molar-refractivity contribution is 7.88. The molecule has 0 unspecified atom stereocenters. The van der Waals surface area contributed by atoms with E-state index in [1.54, 1.807) is 6.92 Å². The van der Waals surface area contributed by atoms with Crippen LogP contribution in [-0.2, 0) is 14.8 Å². The van der Waals surface area contributed by atoms with Gasteiger partial charge in [0, 0.05) is 19.2 Å². The number of piperidine rings is 1. The van der Waals surface area contributed by atoms with E-state index in [-0.39, 0.29) is 28.6 Å². The summed E-state index contributed by atoms with van der Waals surface area (Å²) in [5, 5.41) is 9.09. The molecule has 1 fully saturated rings. The van der Waals surface area contributed by atoms with Gasteiger partial charge in [-0.2, -0.15) is 5.26 Å². The van der Waals surface area contributed by atoms with Crippen LogP contribution in [0.4, 0.5) is 0 Å². The number of sulfonamides is 1. The van der Waals surface area contributed by atoms with Crippen LogP contribution in [0.25, 0.3) is 0 Å². The van der Waals surface area contributed by atoms with E-state index in [4.69, 9.17) is 26.3 Å². The second kappa shape index (κ2) is 8.04. The number of halogens is 1. The quantitative estimate of drug-likeness (QED) is 0.568. The van der Waals surface area contributed by atoms with Crippen LogP contribution < -0.4 is 9.47 Å². The zero-order valence-corrected chi connectivity index (χ0v) is 15.6. The Labute approximate surface area is 152 Å². The van der Waals surface area contributed by atoms with Gasteiger partial charge in [-0.25, -0.2) is 12.7 Å². The van der Waals surface area contributed by atoms with Crippen LogP contribution in [0.3, 0.4) is 0 Å². The fraction of sp³-hybridized carbons (Fsp3) is 0.500. The van der Waals surface area contributed by atoms with E-state index in [0.717, 1.165) is 6.26 Å². The zero-order chi connectivity index (χ0) is 18.6. The van der Waals surface area contributed by atoms with Crippen LogP contribution in [0.2, 0.25) is 5.02 Å². The number of carbonyl (C=O) groups excluding carboxylic acids is 1. The monoisotopic (exact) mass is 386 g/mol. The Balaban J connectivity index is 2.21. The highest BCUT2D eigenvalue weighted by Gasteiger charge is 2.32. The molecule has 0 aliphatic carbocycles. The molecule has 1 saturated heterocycles. The minimum absolute atomic E-state index is 0.0454. The largest absolute Gasteiger partial charge is 0.490 e. The molecule has 0 saturated carbocycles. The van der Waals surface area contributed by atoms with E-state index in [9.17, 15) is 13.2 Å². The Hall–Kier alpha value is -1.82. The van der Waals surface area contributed by atoms with Gasteiger partial charge in [0.15, 0.2) is 11.5 Å². The number of hydrogen-bond donors (Lipinski definition) is 0. The van der Waals surface area contributed by atoms with Crippen LogP contribution in [0, 0.1) is 17.2 Å². The van der Waals surface area contributed by atoms with Crippen molar-refractivity contribution in [3.63, 3.8) is 0 Å². The van der Waals surface area contributed by atoms with Gasteiger partial charge in [0.05, 0.1) is 35.4 Å². The molecule has 1 heterocycles. The smallest absolute Gasteiger partial charge is 0.315 e. The Bertz CT molecular complexity index is 803. The molecule has 1 aliphatic heterocycles. The van der Waals surface area contributed by atoms with Crippen molar-refractivity contribution in [2.24, 2.45) is 5.92 Å². The normalized spacial score (nSPS) is 18.4. The summed E-state index contributed by atoms with van der Waals surface area (Å²) >= 11 is 6.12. The third kappa shape index (κ3) is 4.84. The Morgan fingerprint density at radius 1 is 1.48 bits per heavy atom. The van der Waals surface area contributed by atoms with Crippen molar-refractivity contribution in [2.75, 3.05) is 26.0 Å². The molecule has 0 aromatic heterocycles. The number of benzene rings is 1. The van der Waals surface area contributed by atoms with E-state index in [0.29, 0.717) is 26.0 Å². The van der Waals surface area contributed by atoms with Gasteiger partial charge < -0.3 is 9.47 Å². The van der Waals surface area contributed by atoms with Crippen LogP contribution >= 0.6 is 11.6 Å². The van der Waals surface area contributed by atoms with Crippen LogP contribution in [0.15, 0.2) is 12.1 Å². The molecule has 0 bridgehead atoms.